The molecule has 3 aromatic rings. The maximum absolute atomic E-state index is 8.21. The summed E-state index contributed by atoms with van der Waals surface area (Å²) in [4.78, 5) is 1.15. The topological polar surface area (TPSA) is 47.9 Å². The molecule has 23 heavy (non-hydrogen) atoms. The summed E-state index contributed by atoms with van der Waals surface area (Å²) in [5.74, 6) is 0.236. The number of nitrogens with one attached hydrogen (secondary N) is 3. The summed E-state index contributed by atoms with van der Waals surface area (Å²) in [7, 11) is 0. The number of thioether (sulfide) groups is 1. The fourth-order valence-corrected chi connectivity index (χ4v) is 3.15. The zero-order valence-electron chi connectivity index (χ0n) is 12.6. The van der Waals surface area contributed by atoms with E-state index >= 15 is 0 Å². The summed E-state index contributed by atoms with van der Waals surface area (Å²) in [6.45, 7) is 0. The lowest BCUT2D eigenvalue weighted by atomic mass is 10.1. The van der Waals surface area contributed by atoms with Crippen molar-refractivity contribution in [3.8, 4) is 0 Å². The highest BCUT2D eigenvalue weighted by Crippen LogP contribution is 2.28. The summed E-state index contributed by atoms with van der Waals surface area (Å²) < 4.78 is 0.930. The summed E-state index contributed by atoms with van der Waals surface area (Å²) in [5, 5.41) is 16.7. The molecule has 0 spiro atoms. The van der Waals surface area contributed by atoms with Crippen molar-refractivity contribution < 1.29 is 0 Å². The minimum atomic E-state index is 0.236. The summed E-state index contributed by atoms with van der Waals surface area (Å²) in [5.41, 5.74) is 1.78. The van der Waals surface area contributed by atoms with E-state index in [1.807, 2.05) is 48.7 Å². The molecule has 3 nitrogen and oxygen atoms in total. The van der Waals surface area contributed by atoms with Crippen LogP contribution in [0.5, 0.6) is 0 Å². The average Bonchev–Trinajstić information content (AvgIpc) is 2.57. The van der Waals surface area contributed by atoms with Crippen LogP contribution >= 0.6 is 27.7 Å². The Bertz CT molecular complexity index is 859. The minimum absolute atomic E-state index is 0.236. The quantitative estimate of drug-likeness (QED) is 0.304. The van der Waals surface area contributed by atoms with Gasteiger partial charge in [-0.05, 0) is 51.8 Å². The smallest absolute Gasteiger partial charge is 0.197 e. The fourth-order valence-electron chi connectivity index (χ4n) is 2.36. The fraction of sp³-hybridized carbons (Fsp3) is 0.0556. The Morgan fingerprint density at radius 1 is 0.957 bits per heavy atom. The maximum Gasteiger partial charge on any atom is 0.197 e. The molecule has 0 aromatic heterocycles. The first kappa shape index (κ1) is 15.9. The van der Waals surface area contributed by atoms with Crippen LogP contribution in [0.1, 0.15) is 0 Å². The molecule has 0 aliphatic heterocycles. The first-order chi connectivity index (χ1) is 11.2. The van der Waals surface area contributed by atoms with Gasteiger partial charge >= 0.3 is 0 Å². The van der Waals surface area contributed by atoms with Gasteiger partial charge in [-0.2, -0.15) is 0 Å². The molecule has 0 saturated heterocycles. The van der Waals surface area contributed by atoms with Gasteiger partial charge in [-0.25, -0.2) is 0 Å². The number of halogens is 1. The zero-order valence-corrected chi connectivity index (χ0v) is 15.0. The Hall–Kier alpha value is -1.98. The minimum Gasteiger partial charge on any atom is -0.326 e. The molecule has 0 unspecified atom stereocenters. The predicted molar refractivity (Wildman–Crippen MR) is 105 cm³/mol. The van der Waals surface area contributed by atoms with Crippen LogP contribution in [0.2, 0.25) is 0 Å². The molecule has 3 aromatic carbocycles. The number of guanidine groups is 1. The van der Waals surface area contributed by atoms with Crippen LogP contribution in [0.3, 0.4) is 0 Å². The zero-order chi connectivity index (χ0) is 16.2. The van der Waals surface area contributed by atoms with E-state index in [4.69, 9.17) is 5.41 Å². The first-order valence-corrected chi connectivity index (χ1v) is 9.13. The van der Waals surface area contributed by atoms with E-state index < -0.39 is 0 Å². The van der Waals surface area contributed by atoms with Gasteiger partial charge in [0.2, 0.25) is 0 Å². The molecule has 0 amide bonds. The molecule has 3 N–H and O–H groups in total. The Balaban J connectivity index is 1.82. The Kier molecular flexibility index (Phi) is 4.88. The maximum atomic E-state index is 8.21. The molecule has 0 aliphatic rings. The largest absolute Gasteiger partial charge is 0.326 e. The van der Waals surface area contributed by atoms with E-state index in [1.54, 1.807) is 11.8 Å². The summed E-state index contributed by atoms with van der Waals surface area (Å²) in [6, 6.07) is 20.2. The van der Waals surface area contributed by atoms with Crippen molar-refractivity contribution >= 4 is 55.8 Å². The number of benzene rings is 3. The van der Waals surface area contributed by atoms with Crippen molar-refractivity contribution in [3.63, 3.8) is 0 Å². The van der Waals surface area contributed by atoms with Gasteiger partial charge in [0.1, 0.15) is 0 Å². The van der Waals surface area contributed by atoms with Crippen LogP contribution in [0.25, 0.3) is 10.8 Å². The van der Waals surface area contributed by atoms with Crippen molar-refractivity contribution in [1.29, 1.82) is 5.41 Å². The SMILES string of the molecule is CSc1ccc(Br)c(NC(=N)Nc2cccc3ccccc23)c1. The van der Waals surface area contributed by atoms with Crippen LogP contribution in [-0.2, 0) is 0 Å². The Morgan fingerprint density at radius 3 is 2.52 bits per heavy atom. The number of hydrogen-bond acceptors (Lipinski definition) is 2. The third kappa shape index (κ3) is 3.68. The molecule has 0 radical (unpaired) electrons. The molecule has 116 valence electrons. The second-order valence-electron chi connectivity index (χ2n) is 5.00. The van der Waals surface area contributed by atoms with Crippen LogP contribution in [0.15, 0.2) is 70.0 Å². The monoisotopic (exact) mass is 385 g/mol. The molecule has 3 rings (SSSR count). The highest BCUT2D eigenvalue weighted by atomic mass is 79.9. The second-order valence-corrected chi connectivity index (χ2v) is 6.73. The molecule has 0 saturated carbocycles. The molecule has 0 heterocycles. The Morgan fingerprint density at radius 2 is 1.70 bits per heavy atom. The van der Waals surface area contributed by atoms with Gasteiger partial charge in [0.15, 0.2) is 5.96 Å². The van der Waals surface area contributed by atoms with Gasteiger partial charge in [-0.1, -0.05) is 36.4 Å². The van der Waals surface area contributed by atoms with E-state index in [2.05, 4.69) is 44.8 Å². The molecule has 5 heteroatoms. The van der Waals surface area contributed by atoms with Crippen molar-refractivity contribution in [2.24, 2.45) is 0 Å². The van der Waals surface area contributed by atoms with E-state index in [-0.39, 0.29) is 5.96 Å². The van der Waals surface area contributed by atoms with Gasteiger partial charge < -0.3 is 10.6 Å². The van der Waals surface area contributed by atoms with Gasteiger partial charge in [0.25, 0.3) is 0 Å². The highest BCUT2D eigenvalue weighted by molar-refractivity contribution is 9.10. The average molecular weight is 386 g/mol. The van der Waals surface area contributed by atoms with Gasteiger partial charge in [0, 0.05) is 20.4 Å². The van der Waals surface area contributed by atoms with Gasteiger partial charge in [-0.15, -0.1) is 11.8 Å². The lowest BCUT2D eigenvalue weighted by Crippen LogP contribution is -2.20. The van der Waals surface area contributed by atoms with Crippen molar-refractivity contribution in [2.45, 2.75) is 4.90 Å². The van der Waals surface area contributed by atoms with Crippen LogP contribution in [0, 0.1) is 5.41 Å². The van der Waals surface area contributed by atoms with Crippen LogP contribution < -0.4 is 10.6 Å². The highest BCUT2D eigenvalue weighted by Gasteiger charge is 2.06. The molecular formula is C18H16BrN3S. The van der Waals surface area contributed by atoms with E-state index in [0.717, 1.165) is 31.5 Å². The summed E-state index contributed by atoms with van der Waals surface area (Å²) in [6.07, 6.45) is 2.03. The van der Waals surface area contributed by atoms with Crippen molar-refractivity contribution in [3.05, 3.63) is 65.1 Å². The number of rotatable bonds is 3. The van der Waals surface area contributed by atoms with Crippen LogP contribution in [-0.4, -0.2) is 12.2 Å². The lowest BCUT2D eigenvalue weighted by molar-refractivity contribution is 1.39. The first-order valence-electron chi connectivity index (χ1n) is 7.11. The predicted octanol–water partition coefficient (Wildman–Crippen LogP) is 5.78. The Labute approximate surface area is 148 Å². The normalized spacial score (nSPS) is 10.5. The van der Waals surface area contributed by atoms with Gasteiger partial charge in [-0.3, -0.25) is 5.41 Å². The number of hydrogen-bond donors (Lipinski definition) is 3. The van der Waals surface area contributed by atoms with Crippen molar-refractivity contribution in [2.75, 3.05) is 16.9 Å². The third-order valence-corrected chi connectivity index (χ3v) is 4.90. The standard InChI is InChI=1S/C18H16BrN3S/c1-23-13-9-10-15(19)17(11-13)22-18(20)21-16-8-4-6-12-5-2-3-7-14(12)16/h2-11H,1H3,(H3,20,21,22). The third-order valence-electron chi connectivity index (χ3n) is 3.48. The summed E-state index contributed by atoms with van der Waals surface area (Å²) >= 11 is 5.19. The van der Waals surface area contributed by atoms with E-state index in [9.17, 15) is 0 Å². The molecular weight excluding hydrogens is 370 g/mol. The molecule has 0 atom stereocenters. The molecule has 0 fully saturated rings. The van der Waals surface area contributed by atoms with E-state index in [0.29, 0.717) is 0 Å². The lowest BCUT2D eigenvalue weighted by Gasteiger charge is -2.14. The van der Waals surface area contributed by atoms with Crippen molar-refractivity contribution in [1.82, 2.24) is 0 Å². The second kappa shape index (κ2) is 7.06. The molecule has 0 aliphatic carbocycles. The molecule has 0 bridgehead atoms. The van der Waals surface area contributed by atoms with Gasteiger partial charge in [0.05, 0.1) is 5.69 Å². The van der Waals surface area contributed by atoms with Crippen LogP contribution in [0.4, 0.5) is 11.4 Å². The number of anilines is 2. The number of fused-ring (bicyclic) bond motifs is 1. The van der Waals surface area contributed by atoms with E-state index in [1.165, 1.54) is 0 Å².